The van der Waals surface area contributed by atoms with Crippen LogP contribution in [0, 0.1) is 5.92 Å². The molecule has 0 heteroatoms. The zero-order valence-electron chi connectivity index (χ0n) is 7.43. The topological polar surface area (TPSA) is 0 Å². The van der Waals surface area contributed by atoms with E-state index in [2.05, 4.69) is 66.8 Å². The van der Waals surface area contributed by atoms with Crippen LogP contribution in [0.25, 0.3) is 0 Å². The van der Waals surface area contributed by atoms with Crippen molar-refractivity contribution in [3.05, 3.63) is 72.4 Å². The van der Waals surface area contributed by atoms with Crippen molar-refractivity contribution in [2.45, 2.75) is 0 Å². The van der Waals surface area contributed by atoms with E-state index in [1.165, 1.54) is 5.57 Å². The summed E-state index contributed by atoms with van der Waals surface area (Å²) in [5, 5.41) is 0. The van der Waals surface area contributed by atoms with Crippen LogP contribution in [0.15, 0.2) is 72.4 Å². The van der Waals surface area contributed by atoms with Gasteiger partial charge in [0, 0.05) is 5.92 Å². The molecular formula is C13H12. The monoisotopic (exact) mass is 168 g/mol. The SMILES string of the molecule is C1=CC(=CC=CC2C=CC=C2)C=C1. The number of rotatable bonds is 2. The molecular weight excluding hydrogens is 156 g/mol. The summed E-state index contributed by atoms with van der Waals surface area (Å²) in [4.78, 5) is 0. The third-order valence-corrected chi connectivity index (χ3v) is 2.09. The van der Waals surface area contributed by atoms with Crippen molar-refractivity contribution >= 4 is 0 Å². The summed E-state index contributed by atoms with van der Waals surface area (Å²) in [6.45, 7) is 0. The van der Waals surface area contributed by atoms with Gasteiger partial charge in [0.2, 0.25) is 0 Å². The van der Waals surface area contributed by atoms with Crippen LogP contribution in [0.4, 0.5) is 0 Å². The Hall–Kier alpha value is -1.56. The fraction of sp³-hybridized carbons (Fsp3) is 0.0769. The fourth-order valence-electron chi connectivity index (χ4n) is 1.37. The van der Waals surface area contributed by atoms with Crippen molar-refractivity contribution in [3.8, 4) is 0 Å². The van der Waals surface area contributed by atoms with E-state index in [-0.39, 0.29) is 0 Å². The second-order valence-electron chi connectivity index (χ2n) is 3.12. The van der Waals surface area contributed by atoms with E-state index in [4.69, 9.17) is 0 Å². The second kappa shape index (κ2) is 3.90. The minimum absolute atomic E-state index is 0.492. The van der Waals surface area contributed by atoms with Crippen LogP contribution in [0.2, 0.25) is 0 Å². The van der Waals surface area contributed by atoms with Crippen LogP contribution in [0.3, 0.4) is 0 Å². The molecule has 0 saturated carbocycles. The van der Waals surface area contributed by atoms with Crippen molar-refractivity contribution < 1.29 is 0 Å². The van der Waals surface area contributed by atoms with E-state index >= 15 is 0 Å². The van der Waals surface area contributed by atoms with Crippen molar-refractivity contribution in [3.63, 3.8) is 0 Å². The second-order valence-corrected chi connectivity index (χ2v) is 3.12. The van der Waals surface area contributed by atoms with E-state index in [9.17, 15) is 0 Å². The van der Waals surface area contributed by atoms with Crippen molar-refractivity contribution in [1.82, 2.24) is 0 Å². The van der Waals surface area contributed by atoms with Crippen LogP contribution < -0.4 is 0 Å². The largest absolute Gasteiger partial charge is 0.0738 e. The van der Waals surface area contributed by atoms with Gasteiger partial charge in [0.05, 0.1) is 0 Å². The molecule has 0 heterocycles. The van der Waals surface area contributed by atoms with Gasteiger partial charge < -0.3 is 0 Å². The predicted molar refractivity (Wildman–Crippen MR) is 57.3 cm³/mol. The molecule has 2 aliphatic carbocycles. The Bertz CT molecular complexity index is 320. The van der Waals surface area contributed by atoms with Gasteiger partial charge in [-0.15, -0.1) is 0 Å². The summed E-state index contributed by atoms with van der Waals surface area (Å²) in [7, 11) is 0. The molecule has 0 aromatic rings. The summed E-state index contributed by atoms with van der Waals surface area (Å²) in [6, 6.07) is 0. The van der Waals surface area contributed by atoms with Gasteiger partial charge in [-0.2, -0.15) is 0 Å². The third-order valence-electron chi connectivity index (χ3n) is 2.09. The van der Waals surface area contributed by atoms with E-state index in [1.54, 1.807) is 0 Å². The number of hydrogen-bond acceptors (Lipinski definition) is 0. The van der Waals surface area contributed by atoms with Gasteiger partial charge in [0.25, 0.3) is 0 Å². The Balaban J connectivity index is 1.94. The molecule has 0 radical (unpaired) electrons. The molecule has 0 aromatic carbocycles. The summed E-state index contributed by atoms with van der Waals surface area (Å²) in [5.74, 6) is 0.492. The third kappa shape index (κ3) is 2.19. The molecule has 0 saturated heterocycles. The van der Waals surface area contributed by atoms with E-state index in [1.807, 2.05) is 0 Å². The van der Waals surface area contributed by atoms with Gasteiger partial charge in [-0.25, -0.2) is 0 Å². The minimum Gasteiger partial charge on any atom is -0.0738 e. The van der Waals surface area contributed by atoms with Crippen LogP contribution in [-0.4, -0.2) is 0 Å². The first-order valence-corrected chi connectivity index (χ1v) is 4.53. The highest BCUT2D eigenvalue weighted by Crippen LogP contribution is 2.11. The zero-order valence-corrected chi connectivity index (χ0v) is 7.43. The quantitative estimate of drug-likeness (QED) is 0.593. The summed E-state index contributed by atoms with van der Waals surface area (Å²) >= 11 is 0. The van der Waals surface area contributed by atoms with Gasteiger partial charge in [-0.1, -0.05) is 66.8 Å². The van der Waals surface area contributed by atoms with Crippen LogP contribution >= 0.6 is 0 Å². The van der Waals surface area contributed by atoms with Crippen LogP contribution in [0.5, 0.6) is 0 Å². The van der Waals surface area contributed by atoms with Gasteiger partial charge in [-0.05, 0) is 5.57 Å². The Morgan fingerprint density at radius 2 is 1.62 bits per heavy atom. The van der Waals surface area contributed by atoms with Gasteiger partial charge in [0.15, 0.2) is 0 Å². The van der Waals surface area contributed by atoms with E-state index in [0.717, 1.165) is 0 Å². The molecule has 0 bridgehead atoms. The molecule has 0 aliphatic heterocycles. The predicted octanol–water partition coefficient (Wildman–Crippen LogP) is 3.34. The van der Waals surface area contributed by atoms with Crippen molar-refractivity contribution in [1.29, 1.82) is 0 Å². The van der Waals surface area contributed by atoms with E-state index in [0.29, 0.717) is 5.92 Å². The maximum absolute atomic E-state index is 2.19. The highest BCUT2D eigenvalue weighted by atomic mass is 14.0. The van der Waals surface area contributed by atoms with Gasteiger partial charge >= 0.3 is 0 Å². The average molecular weight is 168 g/mol. The lowest BCUT2D eigenvalue weighted by molar-refractivity contribution is 1.09. The van der Waals surface area contributed by atoms with Gasteiger partial charge in [0.1, 0.15) is 0 Å². The normalized spacial score (nSPS) is 19.8. The molecule has 0 fully saturated rings. The molecule has 0 nitrogen and oxygen atoms in total. The molecule has 0 spiro atoms. The molecule has 0 amide bonds. The van der Waals surface area contributed by atoms with E-state index < -0.39 is 0 Å². The number of allylic oxidation sites excluding steroid dienone is 12. The highest BCUT2D eigenvalue weighted by Gasteiger charge is 1.95. The lowest BCUT2D eigenvalue weighted by Gasteiger charge is -1.92. The summed E-state index contributed by atoms with van der Waals surface area (Å²) in [5.41, 5.74) is 1.27. The Kier molecular flexibility index (Phi) is 2.42. The summed E-state index contributed by atoms with van der Waals surface area (Å²) < 4.78 is 0. The van der Waals surface area contributed by atoms with Crippen LogP contribution in [-0.2, 0) is 0 Å². The Labute approximate surface area is 79.0 Å². The zero-order chi connectivity index (χ0) is 8.93. The Morgan fingerprint density at radius 3 is 2.31 bits per heavy atom. The van der Waals surface area contributed by atoms with Crippen molar-refractivity contribution in [2.24, 2.45) is 5.92 Å². The fourth-order valence-corrected chi connectivity index (χ4v) is 1.37. The first kappa shape index (κ1) is 8.06. The molecule has 2 rings (SSSR count). The highest BCUT2D eigenvalue weighted by molar-refractivity contribution is 5.42. The molecule has 0 atom stereocenters. The lowest BCUT2D eigenvalue weighted by atomic mass is 10.1. The standard InChI is InChI=1S/C13H12/c1-2-7-12(6-1)10-5-11-13-8-3-4-9-13/h1-12H. The Morgan fingerprint density at radius 1 is 0.923 bits per heavy atom. The average Bonchev–Trinajstić information content (AvgIpc) is 2.75. The molecule has 0 aromatic heterocycles. The van der Waals surface area contributed by atoms with Crippen molar-refractivity contribution in [2.75, 3.05) is 0 Å². The summed E-state index contributed by atoms with van der Waals surface area (Å²) in [6.07, 6.45) is 23.2. The van der Waals surface area contributed by atoms with Gasteiger partial charge in [-0.3, -0.25) is 0 Å². The molecule has 0 unspecified atom stereocenters. The molecule has 13 heavy (non-hydrogen) atoms. The smallest absolute Gasteiger partial charge is 0.0136 e. The number of hydrogen-bond donors (Lipinski definition) is 0. The maximum atomic E-state index is 2.19. The molecule has 64 valence electrons. The van der Waals surface area contributed by atoms with Crippen LogP contribution in [0.1, 0.15) is 0 Å². The molecule has 2 aliphatic rings. The minimum atomic E-state index is 0.492. The first-order valence-electron chi connectivity index (χ1n) is 4.53. The lowest BCUT2D eigenvalue weighted by Crippen LogP contribution is -1.79. The first-order chi connectivity index (χ1) is 6.45. The maximum Gasteiger partial charge on any atom is 0.0136 e. The molecule has 0 N–H and O–H groups in total.